The summed E-state index contributed by atoms with van der Waals surface area (Å²) in [7, 11) is 0. The van der Waals surface area contributed by atoms with Gasteiger partial charge in [0.15, 0.2) is 0 Å². The van der Waals surface area contributed by atoms with E-state index in [2.05, 4.69) is 37.3 Å². The molecule has 2 aliphatic rings. The first kappa shape index (κ1) is 12.6. The summed E-state index contributed by atoms with van der Waals surface area (Å²) in [4.78, 5) is 15.3. The van der Waals surface area contributed by atoms with E-state index in [1.807, 2.05) is 29.2 Å². The highest BCUT2D eigenvalue weighted by Crippen LogP contribution is 2.51. The SMILES string of the molecule is C[C@H]1Cc2ccccc2N1C(=O)C1(c2ccccc2)CC1. The second-order valence-corrected chi connectivity index (χ2v) is 6.31. The molecule has 1 saturated carbocycles. The van der Waals surface area contributed by atoms with Crippen LogP contribution in [0.3, 0.4) is 0 Å². The van der Waals surface area contributed by atoms with E-state index in [0.717, 1.165) is 24.9 Å². The molecule has 2 aromatic carbocycles. The summed E-state index contributed by atoms with van der Waals surface area (Å²) < 4.78 is 0. The fraction of sp³-hybridized carbons (Fsp3) is 0.316. The summed E-state index contributed by atoms with van der Waals surface area (Å²) in [5.41, 5.74) is 3.30. The third-order valence-electron chi connectivity index (χ3n) is 4.91. The number of carbonyl (C=O) groups is 1. The molecule has 0 spiro atoms. The Kier molecular flexibility index (Phi) is 2.68. The van der Waals surface area contributed by atoms with E-state index < -0.39 is 0 Å². The second-order valence-electron chi connectivity index (χ2n) is 6.31. The van der Waals surface area contributed by atoms with E-state index in [1.54, 1.807) is 0 Å². The van der Waals surface area contributed by atoms with Crippen LogP contribution in [0.2, 0.25) is 0 Å². The minimum atomic E-state index is -0.271. The topological polar surface area (TPSA) is 20.3 Å². The largest absolute Gasteiger partial charge is 0.308 e. The lowest BCUT2D eigenvalue weighted by molar-refractivity contribution is -0.121. The van der Waals surface area contributed by atoms with Gasteiger partial charge in [0.25, 0.3) is 0 Å². The molecule has 2 nitrogen and oxygen atoms in total. The van der Waals surface area contributed by atoms with Crippen LogP contribution >= 0.6 is 0 Å². The van der Waals surface area contributed by atoms with Crippen LogP contribution in [-0.2, 0) is 16.6 Å². The van der Waals surface area contributed by atoms with Gasteiger partial charge in [-0.2, -0.15) is 0 Å². The predicted molar refractivity (Wildman–Crippen MR) is 84.4 cm³/mol. The van der Waals surface area contributed by atoms with Crippen molar-refractivity contribution in [3.8, 4) is 0 Å². The quantitative estimate of drug-likeness (QED) is 0.819. The lowest BCUT2D eigenvalue weighted by atomic mass is 9.94. The van der Waals surface area contributed by atoms with E-state index in [-0.39, 0.29) is 17.4 Å². The Hall–Kier alpha value is -2.09. The summed E-state index contributed by atoms with van der Waals surface area (Å²) in [6, 6.07) is 18.8. The maximum atomic E-state index is 13.2. The van der Waals surface area contributed by atoms with E-state index in [9.17, 15) is 4.79 Å². The summed E-state index contributed by atoms with van der Waals surface area (Å²) >= 11 is 0. The molecule has 2 aromatic rings. The Morgan fingerprint density at radius 3 is 2.43 bits per heavy atom. The molecule has 1 heterocycles. The molecule has 0 N–H and O–H groups in total. The molecule has 1 aliphatic heterocycles. The standard InChI is InChI=1S/C19H19NO/c1-14-13-15-7-5-6-10-17(15)20(14)18(21)19(11-12-19)16-8-3-2-4-9-16/h2-10,14H,11-13H2,1H3/t14-/m0/s1. The van der Waals surface area contributed by atoms with E-state index in [4.69, 9.17) is 0 Å². The molecule has 1 atom stereocenters. The number of hydrogen-bond donors (Lipinski definition) is 0. The van der Waals surface area contributed by atoms with Crippen LogP contribution < -0.4 is 4.90 Å². The van der Waals surface area contributed by atoms with Crippen molar-refractivity contribution in [2.75, 3.05) is 4.90 Å². The fourth-order valence-corrected chi connectivity index (χ4v) is 3.61. The molecule has 0 aromatic heterocycles. The summed E-state index contributed by atoms with van der Waals surface area (Å²) in [5.74, 6) is 0.283. The fourth-order valence-electron chi connectivity index (χ4n) is 3.61. The zero-order chi connectivity index (χ0) is 14.4. The smallest absolute Gasteiger partial charge is 0.237 e. The van der Waals surface area contributed by atoms with Crippen LogP contribution in [0.25, 0.3) is 0 Å². The van der Waals surface area contributed by atoms with Crippen LogP contribution in [0.4, 0.5) is 5.69 Å². The zero-order valence-electron chi connectivity index (χ0n) is 12.3. The number of para-hydroxylation sites is 1. The molecule has 1 fully saturated rings. The molecule has 0 bridgehead atoms. The van der Waals surface area contributed by atoms with Gasteiger partial charge in [0.1, 0.15) is 0 Å². The van der Waals surface area contributed by atoms with Crippen LogP contribution in [-0.4, -0.2) is 11.9 Å². The molecule has 0 unspecified atom stereocenters. The van der Waals surface area contributed by atoms with Crippen molar-refractivity contribution in [1.82, 2.24) is 0 Å². The first-order valence-corrected chi connectivity index (χ1v) is 7.69. The van der Waals surface area contributed by atoms with Crippen molar-refractivity contribution >= 4 is 11.6 Å². The lowest BCUT2D eigenvalue weighted by Crippen LogP contribution is -2.42. The summed E-state index contributed by atoms with van der Waals surface area (Å²) in [6.45, 7) is 2.15. The Bertz CT molecular complexity index is 688. The monoisotopic (exact) mass is 277 g/mol. The van der Waals surface area contributed by atoms with Crippen molar-refractivity contribution in [3.63, 3.8) is 0 Å². The number of anilines is 1. The average molecular weight is 277 g/mol. The second kappa shape index (κ2) is 4.45. The zero-order valence-corrected chi connectivity index (χ0v) is 12.3. The van der Waals surface area contributed by atoms with Gasteiger partial charge in [-0.25, -0.2) is 0 Å². The van der Waals surface area contributed by atoms with Crippen molar-refractivity contribution in [2.45, 2.75) is 37.6 Å². The molecule has 4 rings (SSSR count). The van der Waals surface area contributed by atoms with Gasteiger partial charge < -0.3 is 4.90 Å². The highest BCUT2D eigenvalue weighted by Gasteiger charge is 2.54. The Morgan fingerprint density at radius 2 is 1.71 bits per heavy atom. The van der Waals surface area contributed by atoms with Gasteiger partial charge in [-0.15, -0.1) is 0 Å². The highest BCUT2D eigenvalue weighted by atomic mass is 16.2. The maximum Gasteiger partial charge on any atom is 0.237 e. The minimum absolute atomic E-state index is 0.260. The van der Waals surface area contributed by atoms with Gasteiger partial charge in [0, 0.05) is 11.7 Å². The van der Waals surface area contributed by atoms with Gasteiger partial charge in [-0.1, -0.05) is 48.5 Å². The van der Waals surface area contributed by atoms with Crippen molar-refractivity contribution in [1.29, 1.82) is 0 Å². The van der Waals surface area contributed by atoms with Crippen LogP contribution in [0, 0.1) is 0 Å². The number of rotatable bonds is 2. The molecule has 0 saturated heterocycles. The van der Waals surface area contributed by atoms with Crippen molar-refractivity contribution in [3.05, 3.63) is 65.7 Å². The number of nitrogens with zero attached hydrogens (tertiary/aromatic N) is 1. The van der Waals surface area contributed by atoms with E-state index in [1.165, 1.54) is 11.1 Å². The Balaban J connectivity index is 1.73. The molecule has 106 valence electrons. The van der Waals surface area contributed by atoms with Gasteiger partial charge >= 0.3 is 0 Å². The van der Waals surface area contributed by atoms with Crippen LogP contribution in [0.15, 0.2) is 54.6 Å². The van der Waals surface area contributed by atoms with Gasteiger partial charge in [0.05, 0.1) is 5.41 Å². The number of amides is 1. The van der Waals surface area contributed by atoms with Gasteiger partial charge in [-0.05, 0) is 43.4 Å². The average Bonchev–Trinajstić information content (AvgIpc) is 3.25. The third-order valence-corrected chi connectivity index (χ3v) is 4.91. The first-order chi connectivity index (χ1) is 10.2. The summed E-state index contributed by atoms with van der Waals surface area (Å²) in [6.07, 6.45) is 2.91. The lowest BCUT2D eigenvalue weighted by Gasteiger charge is -2.28. The normalized spacial score (nSPS) is 22.0. The van der Waals surface area contributed by atoms with Crippen LogP contribution in [0.1, 0.15) is 30.9 Å². The minimum Gasteiger partial charge on any atom is -0.308 e. The van der Waals surface area contributed by atoms with E-state index >= 15 is 0 Å². The van der Waals surface area contributed by atoms with Gasteiger partial charge in [-0.3, -0.25) is 4.79 Å². The van der Waals surface area contributed by atoms with Crippen molar-refractivity contribution < 1.29 is 4.79 Å². The third kappa shape index (κ3) is 1.82. The molecule has 1 amide bonds. The highest BCUT2D eigenvalue weighted by molar-refractivity contribution is 6.05. The maximum absolute atomic E-state index is 13.2. The molecule has 2 heteroatoms. The predicted octanol–water partition coefficient (Wildman–Crippen LogP) is 3.70. The molecular formula is C19H19NO. The van der Waals surface area contributed by atoms with Crippen molar-refractivity contribution in [2.24, 2.45) is 0 Å². The number of carbonyl (C=O) groups excluding carboxylic acids is 1. The van der Waals surface area contributed by atoms with Crippen LogP contribution in [0.5, 0.6) is 0 Å². The Labute approximate surface area is 125 Å². The number of benzene rings is 2. The molecule has 21 heavy (non-hydrogen) atoms. The van der Waals surface area contributed by atoms with E-state index in [0.29, 0.717) is 0 Å². The summed E-state index contributed by atoms with van der Waals surface area (Å²) in [5, 5.41) is 0. The first-order valence-electron chi connectivity index (χ1n) is 7.69. The molecular weight excluding hydrogens is 258 g/mol. The van der Waals surface area contributed by atoms with Gasteiger partial charge in [0.2, 0.25) is 5.91 Å². The Morgan fingerprint density at radius 1 is 1.05 bits per heavy atom. The molecule has 0 radical (unpaired) electrons. The number of hydrogen-bond acceptors (Lipinski definition) is 1. The molecule has 1 aliphatic carbocycles. The number of fused-ring (bicyclic) bond motifs is 1.